The molecule has 0 aliphatic heterocycles. The van der Waals surface area contributed by atoms with Crippen LogP contribution in [0, 0.1) is 0 Å². The van der Waals surface area contributed by atoms with Crippen LogP contribution in [0.25, 0.3) is 11.0 Å². The number of fused-ring (bicyclic) bond motifs is 1. The molecule has 0 aliphatic carbocycles. The number of aromatic nitrogens is 2. The number of hydrogen-bond acceptors (Lipinski definition) is 3. The topological polar surface area (TPSA) is 46.9 Å². The van der Waals surface area contributed by atoms with Gasteiger partial charge in [-0.05, 0) is 36.1 Å². The molecule has 0 fully saturated rings. The average Bonchev–Trinajstić information content (AvgIpc) is 2.96. The molecule has 4 nitrogen and oxygen atoms in total. The van der Waals surface area contributed by atoms with Crippen LogP contribution >= 0.6 is 11.8 Å². The molecule has 3 rings (SSSR count). The Labute approximate surface area is 152 Å². The average molecular weight is 353 g/mol. The number of carbonyl (C=O) groups is 1. The Morgan fingerprint density at radius 2 is 1.76 bits per heavy atom. The van der Waals surface area contributed by atoms with Crippen molar-refractivity contribution in [3.63, 3.8) is 0 Å². The fraction of sp³-hybridized carbons (Fsp3) is 0.300. The van der Waals surface area contributed by atoms with Crippen LogP contribution in [0.4, 0.5) is 5.69 Å². The second-order valence-corrected chi connectivity index (χ2v) is 6.88. The number of anilines is 1. The summed E-state index contributed by atoms with van der Waals surface area (Å²) in [5.74, 6) is 0.353. The number of nitrogens with zero attached hydrogens (tertiary/aromatic N) is 2. The third-order valence-electron chi connectivity index (χ3n) is 4.34. The molecule has 0 saturated heterocycles. The molecule has 0 saturated carbocycles. The summed E-state index contributed by atoms with van der Waals surface area (Å²) in [5.41, 5.74) is 5.37. The van der Waals surface area contributed by atoms with Crippen LogP contribution in [-0.4, -0.2) is 21.2 Å². The molecule has 0 spiro atoms. The highest BCUT2D eigenvalue weighted by Gasteiger charge is 2.13. The van der Waals surface area contributed by atoms with Gasteiger partial charge in [0.15, 0.2) is 5.16 Å². The number of imidazole rings is 1. The van der Waals surface area contributed by atoms with Crippen molar-refractivity contribution in [3.8, 4) is 0 Å². The van der Waals surface area contributed by atoms with Crippen molar-refractivity contribution >= 4 is 34.4 Å². The van der Waals surface area contributed by atoms with Crippen LogP contribution in [0.15, 0.2) is 47.6 Å². The van der Waals surface area contributed by atoms with Crippen molar-refractivity contribution in [1.29, 1.82) is 0 Å². The Bertz CT molecular complexity index is 879. The maximum Gasteiger partial charge on any atom is 0.234 e. The van der Waals surface area contributed by atoms with Crippen LogP contribution in [0.2, 0.25) is 0 Å². The fourth-order valence-electron chi connectivity index (χ4n) is 2.96. The van der Waals surface area contributed by atoms with Gasteiger partial charge in [-0.25, -0.2) is 4.98 Å². The predicted molar refractivity (Wildman–Crippen MR) is 105 cm³/mol. The van der Waals surface area contributed by atoms with Gasteiger partial charge in [0, 0.05) is 12.7 Å². The quantitative estimate of drug-likeness (QED) is 0.667. The first-order chi connectivity index (χ1) is 12.1. The first kappa shape index (κ1) is 17.5. The van der Waals surface area contributed by atoms with Gasteiger partial charge >= 0.3 is 0 Å². The van der Waals surface area contributed by atoms with Crippen molar-refractivity contribution < 1.29 is 4.79 Å². The van der Waals surface area contributed by atoms with Gasteiger partial charge in [-0.2, -0.15) is 0 Å². The van der Waals surface area contributed by atoms with Crippen LogP contribution in [0.1, 0.15) is 25.0 Å². The Balaban J connectivity index is 1.72. The molecule has 0 bridgehead atoms. The molecule has 25 heavy (non-hydrogen) atoms. The van der Waals surface area contributed by atoms with E-state index >= 15 is 0 Å². The zero-order chi connectivity index (χ0) is 17.8. The predicted octanol–water partition coefficient (Wildman–Crippen LogP) is 4.43. The zero-order valence-corrected chi connectivity index (χ0v) is 15.7. The van der Waals surface area contributed by atoms with Gasteiger partial charge in [-0.15, -0.1) is 0 Å². The highest BCUT2D eigenvalue weighted by Crippen LogP contribution is 2.25. The van der Waals surface area contributed by atoms with Crippen molar-refractivity contribution in [2.45, 2.75) is 31.8 Å². The molecule has 2 aromatic carbocycles. The van der Waals surface area contributed by atoms with E-state index in [1.807, 2.05) is 35.9 Å². The number of amides is 1. The molecular weight excluding hydrogens is 330 g/mol. The van der Waals surface area contributed by atoms with Crippen molar-refractivity contribution in [1.82, 2.24) is 9.55 Å². The maximum atomic E-state index is 12.5. The molecule has 5 heteroatoms. The van der Waals surface area contributed by atoms with E-state index in [4.69, 9.17) is 0 Å². The SMILES string of the molecule is CCc1cccc(CC)c1NC(=O)CSc1nc2ccccc2n1C. The summed E-state index contributed by atoms with van der Waals surface area (Å²) in [6.45, 7) is 4.22. The van der Waals surface area contributed by atoms with E-state index in [0.717, 1.165) is 34.7 Å². The lowest BCUT2D eigenvalue weighted by Gasteiger charge is -2.14. The van der Waals surface area contributed by atoms with E-state index in [1.54, 1.807) is 0 Å². The van der Waals surface area contributed by atoms with Gasteiger partial charge in [0.2, 0.25) is 5.91 Å². The summed E-state index contributed by atoms with van der Waals surface area (Å²) < 4.78 is 2.03. The number of thioether (sulfide) groups is 1. The molecule has 130 valence electrons. The lowest BCUT2D eigenvalue weighted by Crippen LogP contribution is -2.17. The standard InChI is InChI=1S/C20H23N3OS/c1-4-14-9-8-10-15(5-2)19(14)22-18(24)13-25-20-21-16-11-6-7-12-17(16)23(20)3/h6-12H,4-5,13H2,1-3H3,(H,22,24). The minimum absolute atomic E-state index is 0.00709. The maximum absolute atomic E-state index is 12.5. The summed E-state index contributed by atoms with van der Waals surface area (Å²) in [7, 11) is 1.98. The van der Waals surface area contributed by atoms with E-state index < -0.39 is 0 Å². The largest absolute Gasteiger partial charge is 0.325 e. The Morgan fingerprint density at radius 1 is 1.08 bits per heavy atom. The number of nitrogens with one attached hydrogen (secondary N) is 1. The summed E-state index contributed by atoms with van der Waals surface area (Å²) in [5, 5.41) is 3.96. The number of rotatable bonds is 6. The highest BCUT2D eigenvalue weighted by molar-refractivity contribution is 7.99. The second kappa shape index (κ2) is 7.74. The molecule has 1 aromatic heterocycles. The van der Waals surface area contributed by atoms with E-state index in [2.05, 4.69) is 42.3 Å². The number of carbonyl (C=O) groups excluding carboxylic acids is 1. The normalized spacial score (nSPS) is 11.0. The molecule has 1 amide bonds. The lowest BCUT2D eigenvalue weighted by atomic mass is 10.0. The van der Waals surface area contributed by atoms with Gasteiger partial charge < -0.3 is 9.88 Å². The summed E-state index contributed by atoms with van der Waals surface area (Å²) in [6, 6.07) is 14.2. The molecule has 0 aliphatic rings. The minimum atomic E-state index is 0.00709. The van der Waals surface area contributed by atoms with Crippen LogP contribution in [-0.2, 0) is 24.7 Å². The van der Waals surface area contributed by atoms with Crippen LogP contribution in [0.5, 0.6) is 0 Å². The number of benzene rings is 2. The molecule has 0 atom stereocenters. The lowest BCUT2D eigenvalue weighted by molar-refractivity contribution is -0.113. The number of para-hydroxylation sites is 3. The fourth-order valence-corrected chi connectivity index (χ4v) is 3.75. The van der Waals surface area contributed by atoms with Crippen LogP contribution in [0.3, 0.4) is 0 Å². The zero-order valence-electron chi connectivity index (χ0n) is 14.9. The third kappa shape index (κ3) is 3.71. The third-order valence-corrected chi connectivity index (χ3v) is 5.37. The van der Waals surface area contributed by atoms with Crippen molar-refractivity contribution in [2.75, 3.05) is 11.1 Å². The molecule has 0 unspecified atom stereocenters. The Kier molecular flexibility index (Phi) is 5.43. The Morgan fingerprint density at radius 3 is 2.40 bits per heavy atom. The molecule has 0 radical (unpaired) electrons. The molecule has 1 heterocycles. The smallest absolute Gasteiger partial charge is 0.234 e. The van der Waals surface area contributed by atoms with Crippen LogP contribution < -0.4 is 5.32 Å². The van der Waals surface area contributed by atoms with E-state index in [0.29, 0.717) is 5.75 Å². The van der Waals surface area contributed by atoms with Gasteiger partial charge in [0.1, 0.15) is 0 Å². The van der Waals surface area contributed by atoms with Crippen molar-refractivity contribution in [3.05, 3.63) is 53.6 Å². The minimum Gasteiger partial charge on any atom is -0.325 e. The summed E-state index contributed by atoms with van der Waals surface area (Å²) >= 11 is 1.47. The van der Waals surface area contributed by atoms with E-state index in [9.17, 15) is 4.79 Å². The highest BCUT2D eigenvalue weighted by atomic mass is 32.2. The summed E-state index contributed by atoms with van der Waals surface area (Å²) in [6.07, 6.45) is 1.81. The Hall–Kier alpha value is -2.27. The second-order valence-electron chi connectivity index (χ2n) is 5.94. The van der Waals surface area contributed by atoms with E-state index in [-0.39, 0.29) is 5.91 Å². The van der Waals surface area contributed by atoms with E-state index in [1.165, 1.54) is 22.9 Å². The van der Waals surface area contributed by atoms with Gasteiger partial charge in [-0.1, -0.05) is 55.9 Å². The van der Waals surface area contributed by atoms with Gasteiger partial charge in [0.05, 0.1) is 16.8 Å². The molecule has 1 N–H and O–H groups in total. The number of aryl methyl sites for hydroxylation is 3. The first-order valence-electron chi connectivity index (χ1n) is 8.58. The van der Waals surface area contributed by atoms with Gasteiger partial charge in [0.25, 0.3) is 0 Å². The first-order valence-corrected chi connectivity index (χ1v) is 9.57. The van der Waals surface area contributed by atoms with Gasteiger partial charge in [-0.3, -0.25) is 4.79 Å². The monoisotopic (exact) mass is 353 g/mol. The summed E-state index contributed by atoms with van der Waals surface area (Å²) in [4.78, 5) is 17.1. The number of hydrogen-bond donors (Lipinski definition) is 1. The van der Waals surface area contributed by atoms with Crippen molar-refractivity contribution in [2.24, 2.45) is 7.05 Å². The molecule has 3 aromatic rings. The molecular formula is C20H23N3OS.